The number of rotatable bonds is 11. The first-order valence-electron chi connectivity index (χ1n) is 12.6. The number of anilines is 1. The van der Waals surface area contributed by atoms with Crippen LogP contribution in [0.2, 0.25) is 5.02 Å². The van der Waals surface area contributed by atoms with Gasteiger partial charge in [-0.25, -0.2) is 0 Å². The summed E-state index contributed by atoms with van der Waals surface area (Å²) < 4.78 is 5.58. The number of nitrogens with zero attached hydrogens (tertiary/aromatic N) is 5. The zero-order chi connectivity index (χ0) is 27.1. The number of hydrogen-bond acceptors (Lipinski definition) is 9. The minimum absolute atomic E-state index is 0.00719. The molecule has 10 heteroatoms. The molecule has 4 rings (SSSR count). The molecule has 38 heavy (non-hydrogen) atoms. The van der Waals surface area contributed by atoms with Crippen molar-refractivity contribution in [2.24, 2.45) is 10.4 Å². The van der Waals surface area contributed by atoms with Crippen LogP contribution in [0.3, 0.4) is 0 Å². The van der Waals surface area contributed by atoms with Gasteiger partial charge < -0.3 is 14.7 Å². The van der Waals surface area contributed by atoms with Gasteiger partial charge in [-0.1, -0.05) is 40.2 Å². The molecule has 9 nitrogen and oxygen atoms in total. The number of halogens is 1. The SMILES string of the molecule is C[C@@H]1CN(c2ccc(OCCN=O)cc2)[C@H](c2ccc(Cl)cc2)CN1C[C@@](C)(O)c1ccc(CN=O)nc1. The highest BCUT2D eigenvalue weighted by molar-refractivity contribution is 6.30. The molecule has 0 saturated carbocycles. The molecule has 2 aromatic carbocycles. The van der Waals surface area contributed by atoms with Gasteiger partial charge in [0.2, 0.25) is 0 Å². The molecule has 0 amide bonds. The first-order chi connectivity index (χ1) is 18.3. The van der Waals surface area contributed by atoms with Crippen molar-refractivity contribution in [3.05, 3.63) is 98.5 Å². The molecule has 1 fully saturated rings. The van der Waals surface area contributed by atoms with Crippen LogP contribution in [0.1, 0.15) is 36.7 Å². The van der Waals surface area contributed by atoms with Crippen LogP contribution >= 0.6 is 11.6 Å². The van der Waals surface area contributed by atoms with Crippen LogP contribution < -0.4 is 9.64 Å². The van der Waals surface area contributed by atoms with Crippen molar-refractivity contribution in [3.63, 3.8) is 0 Å². The fourth-order valence-electron chi connectivity index (χ4n) is 4.83. The van der Waals surface area contributed by atoms with Gasteiger partial charge in [0.25, 0.3) is 0 Å². The van der Waals surface area contributed by atoms with E-state index in [-0.39, 0.29) is 31.8 Å². The number of ether oxygens (including phenoxy) is 1. The average Bonchev–Trinajstić information content (AvgIpc) is 2.91. The third kappa shape index (κ3) is 6.72. The minimum Gasteiger partial charge on any atom is -0.492 e. The standard InChI is InChI=1S/C28H32ClN5O4/c1-20-17-34(25-9-11-26(12-10-25)38-14-13-31-36)27(21-3-6-23(29)7-4-21)18-33(20)19-28(2,35)22-5-8-24(16-32-37)30-15-22/h3-12,15,20,27,35H,13-14,16-19H2,1-2H3/t20-,27+,28-/m1/s1. The maximum atomic E-state index is 11.4. The quantitative estimate of drug-likeness (QED) is 0.261. The van der Waals surface area contributed by atoms with Gasteiger partial charge in [-0.05, 0) is 61.9 Å². The lowest BCUT2D eigenvalue weighted by molar-refractivity contribution is -0.00393. The molecule has 0 radical (unpaired) electrons. The van der Waals surface area contributed by atoms with Crippen molar-refractivity contribution in [1.29, 1.82) is 0 Å². The van der Waals surface area contributed by atoms with E-state index in [2.05, 4.69) is 32.1 Å². The fourth-order valence-corrected chi connectivity index (χ4v) is 4.95. The number of pyridine rings is 1. The molecule has 3 aromatic rings. The third-order valence-electron chi connectivity index (χ3n) is 6.93. The molecule has 1 aromatic heterocycles. The van der Waals surface area contributed by atoms with E-state index in [0.29, 0.717) is 35.1 Å². The minimum atomic E-state index is -1.14. The van der Waals surface area contributed by atoms with Crippen LogP contribution in [0.15, 0.2) is 77.2 Å². The van der Waals surface area contributed by atoms with Crippen LogP contribution in [0.5, 0.6) is 5.75 Å². The van der Waals surface area contributed by atoms with Gasteiger partial charge in [0.15, 0.2) is 0 Å². The molecule has 3 atom stereocenters. The lowest BCUT2D eigenvalue weighted by atomic mass is 9.93. The summed E-state index contributed by atoms with van der Waals surface area (Å²) in [6.07, 6.45) is 1.62. The summed E-state index contributed by atoms with van der Waals surface area (Å²) in [6.45, 7) is 6.14. The third-order valence-corrected chi connectivity index (χ3v) is 7.18. The molecule has 1 aliphatic rings. The second-order valence-electron chi connectivity index (χ2n) is 9.79. The molecule has 1 saturated heterocycles. The van der Waals surface area contributed by atoms with Crippen molar-refractivity contribution >= 4 is 17.3 Å². The average molecular weight is 538 g/mol. The zero-order valence-corrected chi connectivity index (χ0v) is 22.3. The van der Waals surface area contributed by atoms with Gasteiger partial charge in [0, 0.05) is 48.1 Å². The van der Waals surface area contributed by atoms with Crippen LogP contribution in [0, 0.1) is 9.81 Å². The summed E-state index contributed by atoms with van der Waals surface area (Å²) in [5, 5.41) is 17.8. The Morgan fingerprint density at radius 3 is 2.42 bits per heavy atom. The van der Waals surface area contributed by atoms with E-state index in [1.807, 2.05) is 48.5 Å². The van der Waals surface area contributed by atoms with Crippen LogP contribution in [0.4, 0.5) is 5.69 Å². The van der Waals surface area contributed by atoms with E-state index < -0.39 is 5.60 Å². The molecule has 1 N–H and O–H groups in total. The lowest BCUT2D eigenvalue weighted by Gasteiger charge is -2.48. The van der Waals surface area contributed by atoms with Crippen molar-refractivity contribution in [1.82, 2.24) is 9.88 Å². The second kappa shape index (κ2) is 12.4. The molecule has 200 valence electrons. The van der Waals surface area contributed by atoms with Crippen LogP contribution in [-0.2, 0) is 12.1 Å². The molecule has 0 unspecified atom stereocenters. The molecule has 0 bridgehead atoms. The van der Waals surface area contributed by atoms with E-state index >= 15 is 0 Å². The maximum Gasteiger partial charge on any atom is 0.123 e. The Morgan fingerprint density at radius 1 is 1.05 bits per heavy atom. The number of β-amino-alcohol motifs (C(OH)–C–C–N with tert-alkyl or cyclic N) is 1. The van der Waals surface area contributed by atoms with Crippen molar-refractivity contribution in [2.45, 2.75) is 38.1 Å². The van der Waals surface area contributed by atoms with Crippen molar-refractivity contribution in [3.8, 4) is 5.75 Å². The van der Waals surface area contributed by atoms with Crippen molar-refractivity contribution < 1.29 is 9.84 Å². The number of benzene rings is 2. The summed E-state index contributed by atoms with van der Waals surface area (Å²) in [7, 11) is 0. The molecule has 0 aliphatic carbocycles. The zero-order valence-electron chi connectivity index (χ0n) is 21.5. The van der Waals surface area contributed by atoms with E-state index in [0.717, 1.165) is 17.8 Å². The highest BCUT2D eigenvalue weighted by atomic mass is 35.5. The number of hydrogen-bond donors (Lipinski definition) is 1. The highest BCUT2D eigenvalue weighted by Gasteiger charge is 2.37. The van der Waals surface area contributed by atoms with Gasteiger partial charge >= 0.3 is 0 Å². The van der Waals surface area contributed by atoms with Gasteiger partial charge in [-0.2, -0.15) is 9.81 Å². The predicted molar refractivity (Wildman–Crippen MR) is 148 cm³/mol. The first-order valence-corrected chi connectivity index (χ1v) is 12.9. The Hall–Kier alpha value is -3.40. The predicted octanol–water partition coefficient (Wildman–Crippen LogP) is 5.31. The van der Waals surface area contributed by atoms with Gasteiger partial charge in [-0.15, -0.1) is 0 Å². The summed E-state index contributed by atoms with van der Waals surface area (Å²) in [4.78, 5) is 29.8. The van der Waals surface area contributed by atoms with E-state index in [1.165, 1.54) is 0 Å². The van der Waals surface area contributed by atoms with Crippen LogP contribution in [-0.4, -0.2) is 53.8 Å². The Kier molecular flexibility index (Phi) is 9.04. The second-order valence-corrected chi connectivity index (χ2v) is 10.2. The highest BCUT2D eigenvalue weighted by Crippen LogP contribution is 2.35. The number of aliphatic hydroxyl groups is 1. The van der Waals surface area contributed by atoms with E-state index in [1.54, 1.807) is 25.3 Å². The Labute approximate surface area is 227 Å². The molecular formula is C28H32ClN5O4. The Morgan fingerprint density at radius 2 is 1.79 bits per heavy atom. The number of nitroso groups, excluding NO2 is 2. The summed E-state index contributed by atoms with van der Waals surface area (Å²) in [6, 6.07) is 19.4. The topological polar surface area (TPSA) is 108 Å². The number of piperazine rings is 1. The monoisotopic (exact) mass is 537 g/mol. The van der Waals surface area contributed by atoms with Crippen LogP contribution in [0.25, 0.3) is 0 Å². The first kappa shape index (κ1) is 27.6. The largest absolute Gasteiger partial charge is 0.492 e. The normalized spacial score (nSPS) is 19.5. The van der Waals surface area contributed by atoms with Gasteiger partial charge in [-0.3, -0.25) is 9.88 Å². The molecule has 0 spiro atoms. The maximum absolute atomic E-state index is 11.4. The smallest absolute Gasteiger partial charge is 0.123 e. The fraction of sp³-hybridized carbons (Fsp3) is 0.393. The lowest BCUT2D eigenvalue weighted by Crippen LogP contribution is -2.56. The van der Waals surface area contributed by atoms with E-state index in [4.69, 9.17) is 16.3 Å². The van der Waals surface area contributed by atoms with Gasteiger partial charge in [0.05, 0.1) is 11.7 Å². The molecular weight excluding hydrogens is 506 g/mol. The van der Waals surface area contributed by atoms with Gasteiger partial charge in [0.1, 0.15) is 31.0 Å². The molecule has 1 aliphatic heterocycles. The number of aromatic nitrogens is 1. The summed E-state index contributed by atoms with van der Waals surface area (Å²) in [5.74, 6) is 0.687. The summed E-state index contributed by atoms with van der Waals surface area (Å²) in [5.41, 5.74) is 2.28. The van der Waals surface area contributed by atoms with Crippen molar-refractivity contribution in [2.75, 3.05) is 37.7 Å². The summed E-state index contributed by atoms with van der Waals surface area (Å²) >= 11 is 6.18. The molecule has 2 heterocycles. The Balaban J connectivity index is 1.56. The van der Waals surface area contributed by atoms with E-state index in [9.17, 15) is 14.9 Å². The Bertz CT molecular complexity index is 1210.